The molecule has 188 valence electrons. The number of hydrogen-bond donors (Lipinski definition) is 3. The molecule has 0 bridgehead atoms. The maximum Gasteiger partial charge on any atom is 0.323 e. The highest BCUT2D eigenvalue weighted by atomic mass is 35.5. The highest BCUT2D eigenvalue weighted by Crippen LogP contribution is 2.29. The van der Waals surface area contributed by atoms with Crippen LogP contribution in [0.15, 0.2) is 60.7 Å². The Morgan fingerprint density at radius 1 is 0.944 bits per heavy atom. The molecular weight excluding hydrogens is 476 g/mol. The average molecular weight is 507 g/mol. The molecule has 3 aromatic carbocycles. The molecule has 0 unspecified atom stereocenters. The van der Waals surface area contributed by atoms with Crippen LogP contribution in [-0.2, 0) is 4.79 Å². The lowest BCUT2D eigenvalue weighted by molar-refractivity contribution is -0.120. The molecule has 0 aromatic heterocycles. The number of urea groups is 1. The van der Waals surface area contributed by atoms with E-state index in [1.54, 1.807) is 13.2 Å². The minimum atomic E-state index is -0.341. The van der Waals surface area contributed by atoms with Crippen LogP contribution in [0.25, 0.3) is 0 Å². The number of ether oxygens (including phenoxy) is 1. The van der Waals surface area contributed by atoms with Crippen molar-refractivity contribution >= 4 is 46.3 Å². The van der Waals surface area contributed by atoms with Gasteiger partial charge in [0.05, 0.1) is 23.5 Å². The molecule has 3 aromatic rings. The van der Waals surface area contributed by atoms with Gasteiger partial charge in [0, 0.05) is 30.4 Å². The number of nitrogens with one attached hydrogen (secondary N) is 3. The van der Waals surface area contributed by atoms with Crippen molar-refractivity contribution in [2.75, 3.05) is 41.0 Å². The third-order valence-electron chi connectivity index (χ3n) is 6.43. The van der Waals surface area contributed by atoms with Gasteiger partial charge in [0.2, 0.25) is 5.91 Å². The second-order valence-corrected chi connectivity index (χ2v) is 9.42. The zero-order valence-corrected chi connectivity index (χ0v) is 21.5. The van der Waals surface area contributed by atoms with Crippen molar-refractivity contribution in [3.05, 3.63) is 76.8 Å². The molecule has 3 amide bonds. The SMILES string of the molecule is COc1ccc(C)cc1NC(=O)Nc1ccc(N2CCC(C(=O)Nc3c(C)cccc3Cl)CC2)cc1. The summed E-state index contributed by atoms with van der Waals surface area (Å²) in [4.78, 5) is 27.6. The van der Waals surface area contributed by atoms with E-state index in [1.165, 1.54) is 0 Å². The lowest BCUT2D eigenvalue weighted by Gasteiger charge is -2.33. The number of para-hydroxylation sites is 1. The number of carbonyl (C=O) groups excluding carboxylic acids is 2. The van der Waals surface area contributed by atoms with E-state index in [4.69, 9.17) is 16.3 Å². The normalized spacial score (nSPS) is 13.7. The summed E-state index contributed by atoms with van der Waals surface area (Å²) in [6.07, 6.45) is 1.52. The molecule has 1 aliphatic rings. The van der Waals surface area contributed by atoms with Crippen molar-refractivity contribution < 1.29 is 14.3 Å². The minimum absolute atomic E-state index is 0.0154. The van der Waals surface area contributed by atoms with Crippen molar-refractivity contribution in [2.24, 2.45) is 5.92 Å². The fraction of sp³-hybridized carbons (Fsp3) is 0.286. The molecule has 1 saturated heterocycles. The van der Waals surface area contributed by atoms with Crippen LogP contribution in [0.1, 0.15) is 24.0 Å². The highest BCUT2D eigenvalue weighted by molar-refractivity contribution is 6.34. The summed E-state index contributed by atoms with van der Waals surface area (Å²) in [5.74, 6) is 0.562. The molecule has 0 radical (unpaired) electrons. The summed E-state index contributed by atoms with van der Waals surface area (Å²) >= 11 is 6.26. The van der Waals surface area contributed by atoms with Crippen LogP contribution >= 0.6 is 11.6 Å². The van der Waals surface area contributed by atoms with E-state index >= 15 is 0 Å². The molecular formula is C28H31ClN4O3. The van der Waals surface area contributed by atoms with Gasteiger partial charge in [-0.3, -0.25) is 4.79 Å². The Labute approximate surface area is 216 Å². The van der Waals surface area contributed by atoms with E-state index in [0.717, 1.165) is 42.7 Å². The number of hydrogen-bond acceptors (Lipinski definition) is 4. The van der Waals surface area contributed by atoms with Gasteiger partial charge >= 0.3 is 6.03 Å². The van der Waals surface area contributed by atoms with Gasteiger partial charge in [-0.25, -0.2) is 4.79 Å². The number of aryl methyl sites for hydroxylation is 2. The number of nitrogens with zero attached hydrogens (tertiary/aromatic N) is 1. The molecule has 1 fully saturated rings. The maximum absolute atomic E-state index is 12.8. The predicted molar refractivity (Wildman–Crippen MR) is 147 cm³/mol. The largest absolute Gasteiger partial charge is 0.495 e. The highest BCUT2D eigenvalue weighted by Gasteiger charge is 2.26. The van der Waals surface area contributed by atoms with Gasteiger partial charge in [-0.05, 0) is 80.3 Å². The zero-order valence-electron chi connectivity index (χ0n) is 20.7. The van der Waals surface area contributed by atoms with Crippen LogP contribution in [0.3, 0.4) is 0 Å². The van der Waals surface area contributed by atoms with Crippen molar-refractivity contribution in [1.29, 1.82) is 0 Å². The van der Waals surface area contributed by atoms with Crippen LogP contribution in [-0.4, -0.2) is 32.1 Å². The van der Waals surface area contributed by atoms with Crippen LogP contribution in [0, 0.1) is 19.8 Å². The van der Waals surface area contributed by atoms with Gasteiger partial charge in [-0.2, -0.15) is 0 Å². The van der Waals surface area contributed by atoms with Gasteiger partial charge in [-0.1, -0.05) is 29.8 Å². The second kappa shape index (κ2) is 11.4. The third-order valence-corrected chi connectivity index (χ3v) is 6.74. The van der Waals surface area contributed by atoms with Crippen molar-refractivity contribution in [3.8, 4) is 5.75 Å². The molecule has 7 nitrogen and oxygen atoms in total. The van der Waals surface area contributed by atoms with Crippen LogP contribution in [0.4, 0.5) is 27.5 Å². The Kier molecular flexibility index (Phi) is 8.00. The van der Waals surface area contributed by atoms with Crippen molar-refractivity contribution in [2.45, 2.75) is 26.7 Å². The Balaban J connectivity index is 1.29. The van der Waals surface area contributed by atoms with E-state index in [0.29, 0.717) is 27.8 Å². The number of halogens is 1. The maximum atomic E-state index is 12.8. The fourth-order valence-corrected chi connectivity index (χ4v) is 4.64. The number of piperidine rings is 1. The van der Waals surface area contributed by atoms with Crippen molar-refractivity contribution in [1.82, 2.24) is 0 Å². The Bertz CT molecular complexity index is 1220. The van der Waals surface area contributed by atoms with Gasteiger partial charge < -0.3 is 25.6 Å². The number of methoxy groups -OCH3 is 1. The molecule has 4 rings (SSSR count). The lowest BCUT2D eigenvalue weighted by Crippen LogP contribution is -2.38. The quantitative estimate of drug-likeness (QED) is 0.358. The van der Waals surface area contributed by atoms with Crippen LogP contribution in [0.5, 0.6) is 5.75 Å². The molecule has 36 heavy (non-hydrogen) atoms. The summed E-state index contributed by atoms with van der Waals surface area (Å²) in [7, 11) is 1.57. The molecule has 1 heterocycles. The molecule has 1 aliphatic heterocycles. The van der Waals surface area contributed by atoms with E-state index in [2.05, 4.69) is 20.9 Å². The van der Waals surface area contributed by atoms with E-state index in [1.807, 2.05) is 68.4 Å². The summed E-state index contributed by atoms with van der Waals surface area (Å²) in [5, 5.41) is 9.26. The molecule has 0 atom stereocenters. The predicted octanol–water partition coefficient (Wildman–Crippen LogP) is 6.46. The first-order valence-electron chi connectivity index (χ1n) is 12.0. The first kappa shape index (κ1) is 25.4. The number of rotatable bonds is 6. The molecule has 0 spiro atoms. The summed E-state index contributed by atoms with van der Waals surface area (Å²) < 4.78 is 5.32. The molecule has 0 aliphatic carbocycles. The Morgan fingerprint density at radius 3 is 2.33 bits per heavy atom. The number of amides is 3. The molecule has 8 heteroatoms. The fourth-order valence-electron chi connectivity index (χ4n) is 4.38. The number of carbonyl (C=O) groups is 2. The number of anilines is 4. The summed E-state index contributed by atoms with van der Waals surface area (Å²) in [6, 6.07) is 18.6. The molecule has 3 N–H and O–H groups in total. The Morgan fingerprint density at radius 2 is 1.67 bits per heavy atom. The van der Waals surface area contributed by atoms with E-state index in [-0.39, 0.29) is 17.9 Å². The zero-order chi connectivity index (χ0) is 25.7. The van der Waals surface area contributed by atoms with Crippen LogP contribution in [0.2, 0.25) is 5.02 Å². The summed E-state index contributed by atoms with van der Waals surface area (Å²) in [6.45, 7) is 5.45. The Hall–Kier alpha value is -3.71. The van der Waals surface area contributed by atoms with Crippen molar-refractivity contribution in [3.63, 3.8) is 0 Å². The lowest BCUT2D eigenvalue weighted by atomic mass is 9.95. The van der Waals surface area contributed by atoms with Gasteiger partial charge in [-0.15, -0.1) is 0 Å². The second-order valence-electron chi connectivity index (χ2n) is 9.01. The third kappa shape index (κ3) is 6.10. The van der Waals surface area contributed by atoms with Crippen LogP contribution < -0.4 is 25.6 Å². The van der Waals surface area contributed by atoms with Gasteiger partial charge in [0.15, 0.2) is 0 Å². The van der Waals surface area contributed by atoms with E-state index in [9.17, 15) is 9.59 Å². The standard InChI is InChI=1S/C28H31ClN4O3/c1-18-7-12-25(36-3)24(17-18)31-28(35)30-21-8-10-22(11-9-21)33-15-13-20(14-16-33)27(34)32-26-19(2)5-4-6-23(26)29/h4-12,17,20H,13-16H2,1-3H3,(H,32,34)(H2,30,31,35). The molecule has 0 saturated carbocycles. The smallest absolute Gasteiger partial charge is 0.323 e. The monoisotopic (exact) mass is 506 g/mol. The summed E-state index contributed by atoms with van der Waals surface area (Å²) in [5.41, 5.74) is 5.03. The topological polar surface area (TPSA) is 82.7 Å². The average Bonchev–Trinajstić information content (AvgIpc) is 2.87. The first-order valence-corrected chi connectivity index (χ1v) is 12.4. The number of benzene rings is 3. The van der Waals surface area contributed by atoms with Gasteiger partial charge in [0.1, 0.15) is 5.75 Å². The van der Waals surface area contributed by atoms with Gasteiger partial charge in [0.25, 0.3) is 0 Å². The van der Waals surface area contributed by atoms with E-state index < -0.39 is 0 Å². The first-order chi connectivity index (χ1) is 17.3. The minimum Gasteiger partial charge on any atom is -0.495 e.